The van der Waals surface area contributed by atoms with Gasteiger partial charge in [0.2, 0.25) is 0 Å². The Kier molecular flexibility index (Phi) is 4.66. The van der Waals surface area contributed by atoms with Crippen molar-refractivity contribution in [3.8, 4) is 0 Å². The molecule has 0 saturated carbocycles. The van der Waals surface area contributed by atoms with Crippen molar-refractivity contribution < 1.29 is 23.1 Å². The van der Waals surface area contributed by atoms with Crippen molar-refractivity contribution in [2.45, 2.75) is 25.2 Å². The first-order valence-electron chi connectivity index (χ1n) is 7.65. The van der Waals surface area contributed by atoms with Gasteiger partial charge in [-0.2, -0.15) is 23.3 Å². The Morgan fingerprint density at radius 3 is 2.46 bits per heavy atom. The van der Waals surface area contributed by atoms with Gasteiger partial charge >= 0.3 is 6.18 Å². The number of alkyl halides is 3. The number of aryl methyl sites for hydroxylation is 1. The Bertz CT molecular complexity index is 881. The first kappa shape index (κ1) is 18.6. The number of rotatable bonds is 2. The molecule has 1 amide bonds. The molecule has 0 bridgehead atoms. The van der Waals surface area contributed by atoms with Crippen LogP contribution in [0, 0.1) is 6.92 Å². The highest BCUT2D eigenvalue weighted by atomic mass is 79.9. The molecule has 3 rings (SSSR count). The van der Waals surface area contributed by atoms with E-state index in [-0.39, 0.29) is 11.1 Å². The summed E-state index contributed by atoms with van der Waals surface area (Å²) in [7, 11) is 0. The summed E-state index contributed by atoms with van der Waals surface area (Å²) in [4.78, 5) is 12.8. The van der Waals surface area contributed by atoms with Crippen LogP contribution in [0.15, 0.2) is 58.1 Å². The van der Waals surface area contributed by atoms with Gasteiger partial charge < -0.3 is 5.11 Å². The number of carbonyl (C=O) groups is 1. The van der Waals surface area contributed by atoms with Gasteiger partial charge in [-0.15, -0.1) is 0 Å². The molecule has 136 valence electrons. The normalized spacial score (nSPS) is 20.2. The highest BCUT2D eigenvalue weighted by Gasteiger charge is 2.53. The van der Waals surface area contributed by atoms with Gasteiger partial charge in [-0.25, -0.2) is 0 Å². The lowest BCUT2D eigenvalue weighted by atomic mass is 9.96. The number of amides is 1. The number of benzene rings is 2. The summed E-state index contributed by atoms with van der Waals surface area (Å²) in [6, 6.07) is 12.4. The smallest absolute Gasteiger partial charge is 0.365 e. The van der Waals surface area contributed by atoms with Gasteiger partial charge in [0, 0.05) is 15.6 Å². The van der Waals surface area contributed by atoms with Crippen molar-refractivity contribution in [2.24, 2.45) is 5.10 Å². The Hall–Kier alpha value is -2.19. The number of nitrogens with zero attached hydrogens (tertiary/aromatic N) is 2. The van der Waals surface area contributed by atoms with Crippen molar-refractivity contribution >= 4 is 27.5 Å². The van der Waals surface area contributed by atoms with Gasteiger partial charge in [-0.3, -0.25) is 4.79 Å². The zero-order valence-corrected chi connectivity index (χ0v) is 15.2. The molecule has 0 aromatic heterocycles. The minimum absolute atomic E-state index is 0.143. The average Bonchev–Trinajstić information content (AvgIpc) is 2.94. The third-order valence-electron chi connectivity index (χ3n) is 4.08. The van der Waals surface area contributed by atoms with Crippen LogP contribution < -0.4 is 0 Å². The first-order chi connectivity index (χ1) is 12.1. The molecule has 1 aliphatic rings. The highest BCUT2D eigenvalue weighted by molar-refractivity contribution is 9.10. The fourth-order valence-electron chi connectivity index (χ4n) is 2.76. The van der Waals surface area contributed by atoms with E-state index < -0.39 is 29.9 Å². The molecule has 1 unspecified atom stereocenters. The van der Waals surface area contributed by atoms with E-state index in [4.69, 9.17) is 0 Å². The fraction of sp³-hybridized carbons (Fsp3) is 0.222. The summed E-state index contributed by atoms with van der Waals surface area (Å²) in [5, 5.41) is 15.0. The SMILES string of the molecule is Cc1cccc(C(=O)N2N=C(C(F)(F)F)CC2(O)c2ccc(Br)cc2)c1. The van der Waals surface area contributed by atoms with Crippen LogP contribution in [0.5, 0.6) is 0 Å². The lowest BCUT2D eigenvalue weighted by Crippen LogP contribution is -2.43. The van der Waals surface area contributed by atoms with Crippen LogP contribution in [0.3, 0.4) is 0 Å². The molecule has 1 atom stereocenters. The third-order valence-corrected chi connectivity index (χ3v) is 4.60. The second kappa shape index (κ2) is 6.51. The summed E-state index contributed by atoms with van der Waals surface area (Å²) in [6.45, 7) is 1.76. The lowest BCUT2D eigenvalue weighted by Gasteiger charge is -2.31. The molecule has 0 spiro atoms. The fourth-order valence-corrected chi connectivity index (χ4v) is 3.02. The van der Waals surface area contributed by atoms with Crippen LogP contribution in [0.2, 0.25) is 0 Å². The largest absolute Gasteiger partial charge is 0.431 e. The lowest BCUT2D eigenvalue weighted by molar-refractivity contribution is -0.0816. The summed E-state index contributed by atoms with van der Waals surface area (Å²) in [6.07, 6.45) is -5.58. The van der Waals surface area contributed by atoms with E-state index in [0.717, 1.165) is 5.56 Å². The van der Waals surface area contributed by atoms with Crippen LogP contribution in [-0.2, 0) is 5.72 Å². The van der Waals surface area contributed by atoms with Crippen LogP contribution >= 0.6 is 15.9 Å². The van der Waals surface area contributed by atoms with E-state index in [9.17, 15) is 23.1 Å². The molecule has 4 nitrogen and oxygen atoms in total. The summed E-state index contributed by atoms with van der Waals surface area (Å²) in [5.41, 5.74) is -2.37. The quantitative estimate of drug-likeness (QED) is 0.774. The molecule has 0 aliphatic carbocycles. The first-order valence-corrected chi connectivity index (χ1v) is 8.45. The maximum Gasteiger partial charge on any atom is 0.431 e. The predicted molar refractivity (Wildman–Crippen MR) is 93.5 cm³/mol. The molecule has 8 heteroatoms. The molecule has 1 N–H and O–H groups in total. The molecule has 0 saturated heterocycles. The number of carbonyl (C=O) groups excluding carboxylic acids is 1. The van der Waals surface area contributed by atoms with Crippen molar-refractivity contribution in [1.82, 2.24) is 5.01 Å². The average molecular weight is 427 g/mol. The Morgan fingerprint density at radius 1 is 1.23 bits per heavy atom. The van der Waals surface area contributed by atoms with Gasteiger partial charge in [-0.1, -0.05) is 45.8 Å². The standard InChI is InChI=1S/C18H14BrF3N2O2/c1-11-3-2-4-12(9-11)16(25)24-17(26,10-15(23-24)18(20,21)22)13-5-7-14(19)8-6-13/h2-9,26H,10H2,1H3. The van der Waals surface area contributed by atoms with Crippen molar-refractivity contribution in [2.75, 3.05) is 0 Å². The topological polar surface area (TPSA) is 52.9 Å². The molecule has 26 heavy (non-hydrogen) atoms. The maximum atomic E-state index is 13.2. The van der Waals surface area contributed by atoms with Crippen molar-refractivity contribution in [3.05, 3.63) is 69.7 Å². The van der Waals surface area contributed by atoms with E-state index in [1.165, 1.54) is 24.3 Å². The monoisotopic (exact) mass is 426 g/mol. The second-order valence-corrected chi connectivity index (χ2v) is 6.95. The number of hydrogen-bond acceptors (Lipinski definition) is 3. The zero-order valence-electron chi connectivity index (χ0n) is 13.6. The second-order valence-electron chi connectivity index (χ2n) is 6.03. The Morgan fingerprint density at radius 2 is 1.88 bits per heavy atom. The number of hydrogen-bond donors (Lipinski definition) is 1. The number of aliphatic hydroxyl groups is 1. The van der Waals surface area contributed by atoms with E-state index >= 15 is 0 Å². The molecule has 0 radical (unpaired) electrons. The van der Waals surface area contributed by atoms with Gasteiger partial charge in [0.1, 0.15) is 5.71 Å². The Balaban J connectivity index is 2.08. The summed E-state index contributed by atoms with van der Waals surface area (Å²) in [5.74, 6) is -0.807. The third kappa shape index (κ3) is 3.39. The predicted octanol–water partition coefficient (Wildman–Crippen LogP) is 4.37. The summed E-state index contributed by atoms with van der Waals surface area (Å²) >= 11 is 3.23. The zero-order chi connectivity index (χ0) is 19.1. The molecular weight excluding hydrogens is 413 g/mol. The molecule has 2 aromatic carbocycles. The van der Waals surface area contributed by atoms with Gasteiger partial charge in [0.25, 0.3) is 5.91 Å². The van der Waals surface area contributed by atoms with Crippen LogP contribution in [-0.4, -0.2) is 27.9 Å². The number of halogens is 4. The van der Waals surface area contributed by atoms with Crippen molar-refractivity contribution in [1.29, 1.82) is 0 Å². The van der Waals surface area contributed by atoms with E-state index in [1.54, 1.807) is 31.2 Å². The Labute approximate surface area is 156 Å². The van der Waals surface area contributed by atoms with Crippen LogP contribution in [0.4, 0.5) is 13.2 Å². The van der Waals surface area contributed by atoms with Crippen LogP contribution in [0.1, 0.15) is 27.9 Å². The molecule has 1 heterocycles. The molecule has 1 aliphatic heterocycles. The van der Waals surface area contributed by atoms with Crippen molar-refractivity contribution in [3.63, 3.8) is 0 Å². The molecular formula is C18H14BrF3N2O2. The minimum atomic E-state index is -4.75. The number of hydrazone groups is 1. The van der Waals surface area contributed by atoms with Gasteiger partial charge in [0.15, 0.2) is 5.72 Å². The molecule has 0 fully saturated rings. The summed E-state index contributed by atoms with van der Waals surface area (Å²) < 4.78 is 40.3. The van der Waals surface area contributed by atoms with Gasteiger partial charge in [0.05, 0.1) is 6.42 Å². The van der Waals surface area contributed by atoms with Crippen LogP contribution in [0.25, 0.3) is 0 Å². The molecule has 2 aromatic rings. The van der Waals surface area contributed by atoms with Gasteiger partial charge in [-0.05, 0) is 31.2 Å². The minimum Gasteiger partial charge on any atom is -0.365 e. The highest BCUT2D eigenvalue weighted by Crippen LogP contribution is 2.40. The van der Waals surface area contributed by atoms with E-state index in [1.807, 2.05) is 0 Å². The van der Waals surface area contributed by atoms with E-state index in [2.05, 4.69) is 21.0 Å². The maximum absolute atomic E-state index is 13.2. The van der Waals surface area contributed by atoms with E-state index in [0.29, 0.717) is 9.48 Å².